The second-order valence-corrected chi connectivity index (χ2v) is 14.6. The van der Waals surface area contributed by atoms with E-state index in [1.807, 2.05) is 0 Å². The van der Waals surface area contributed by atoms with Gasteiger partial charge < -0.3 is 4.43 Å². The standard InChI is InChI=1S/C20H31NOSSi/c1-20(2,3)24(4,5)22-15-18-13-16-10-11-21(18)14-17(16)8-9-19-7-6-12-23-19/h6-7,12,16-18H,10-11,13-15H2,1-5H3/t16-,17-,18+/m0/s1. The van der Waals surface area contributed by atoms with Gasteiger partial charge in [0, 0.05) is 25.1 Å². The number of rotatable bonds is 3. The summed E-state index contributed by atoms with van der Waals surface area (Å²) in [6, 6.07) is 4.81. The molecule has 4 atom stereocenters. The van der Waals surface area contributed by atoms with Crippen molar-refractivity contribution in [1.82, 2.24) is 4.90 Å². The molecule has 0 amide bonds. The summed E-state index contributed by atoms with van der Waals surface area (Å²) in [5, 5.41) is 2.40. The zero-order valence-electron chi connectivity index (χ0n) is 15.8. The Labute approximate surface area is 152 Å². The van der Waals surface area contributed by atoms with Gasteiger partial charge in [0.2, 0.25) is 0 Å². The Hall–Kier alpha value is -0.603. The molecule has 0 saturated carbocycles. The summed E-state index contributed by atoms with van der Waals surface area (Å²) in [5.41, 5.74) is 0. The molecule has 0 aromatic carbocycles. The first-order valence-corrected chi connectivity index (χ1v) is 13.0. The van der Waals surface area contributed by atoms with Crippen molar-refractivity contribution < 1.29 is 4.43 Å². The molecule has 3 saturated heterocycles. The van der Waals surface area contributed by atoms with Crippen LogP contribution in [-0.2, 0) is 4.43 Å². The Morgan fingerprint density at radius 2 is 2.17 bits per heavy atom. The predicted octanol–water partition coefficient (Wildman–Crippen LogP) is 4.83. The van der Waals surface area contributed by atoms with Crippen LogP contribution in [0.4, 0.5) is 0 Å². The molecule has 24 heavy (non-hydrogen) atoms. The van der Waals surface area contributed by atoms with Gasteiger partial charge in [0.1, 0.15) is 0 Å². The van der Waals surface area contributed by atoms with Crippen molar-refractivity contribution in [3.8, 4) is 11.8 Å². The summed E-state index contributed by atoms with van der Waals surface area (Å²) in [6.07, 6.45) is 2.57. The Bertz CT molecular complexity index is 608. The molecule has 132 valence electrons. The molecule has 1 unspecified atom stereocenters. The molecule has 3 fully saturated rings. The van der Waals surface area contributed by atoms with Gasteiger partial charge in [0.25, 0.3) is 0 Å². The molecular weight excluding hydrogens is 330 g/mol. The minimum Gasteiger partial charge on any atom is -0.415 e. The fourth-order valence-electron chi connectivity index (χ4n) is 3.51. The van der Waals surface area contributed by atoms with Crippen LogP contribution in [0, 0.1) is 23.7 Å². The van der Waals surface area contributed by atoms with Crippen molar-refractivity contribution in [1.29, 1.82) is 0 Å². The van der Waals surface area contributed by atoms with Crippen LogP contribution >= 0.6 is 11.3 Å². The van der Waals surface area contributed by atoms with E-state index in [2.05, 4.69) is 68.1 Å². The van der Waals surface area contributed by atoms with Crippen molar-refractivity contribution in [2.24, 2.45) is 11.8 Å². The molecule has 2 nitrogen and oxygen atoms in total. The van der Waals surface area contributed by atoms with Crippen LogP contribution in [0.5, 0.6) is 0 Å². The topological polar surface area (TPSA) is 12.5 Å². The maximum absolute atomic E-state index is 6.50. The van der Waals surface area contributed by atoms with Gasteiger partial charge in [-0.2, -0.15) is 0 Å². The van der Waals surface area contributed by atoms with E-state index in [1.54, 1.807) is 11.3 Å². The smallest absolute Gasteiger partial charge is 0.192 e. The highest BCUT2D eigenvalue weighted by atomic mass is 32.1. The molecule has 4 heterocycles. The number of hydrogen-bond donors (Lipinski definition) is 0. The Kier molecular flexibility index (Phi) is 5.27. The number of fused-ring (bicyclic) bond motifs is 3. The highest BCUT2D eigenvalue weighted by Gasteiger charge is 2.42. The van der Waals surface area contributed by atoms with E-state index >= 15 is 0 Å². The first-order valence-electron chi connectivity index (χ1n) is 9.19. The van der Waals surface area contributed by atoms with E-state index in [9.17, 15) is 0 Å². The zero-order valence-corrected chi connectivity index (χ0v) is 17.6. The number of nitrogens with zero attached hydrogens (tertiary/aromatic N) is 1. The molecule has 1 aromatic heterocycles. The lowest BCUT2D eigenvalue weighted by Gasteiger charge is -2.49. The maximum atomic E-state index is 6.50. The lowest BCUT2D eigenvalue weighted by molar-refractivity contribution is -0.00120. The molecule has 4 heteroatoms. The highest BCUT2D eigenvalue weighted by molar-refractivity contribution is 7.10. The molecule has 0 spiro atoms. The molecule has 0 aliphatic carbocycles. The zero-order chi connectivity index (χ0) is 17.4. The maximum Gasteiger partial charge on any atom is 0.192 e. The third-order valence-electron chi connectivity index (χ3n) is 6.22. The van der Waals surface area contributed by atoms with Crippen LogP contribution in [-0.4, -0.2) is 39.0 Å². The summed E-state index contributed by atoms with van der Waals surface area (Å²) in [5.74, 6) is 8.25. The van der Waals surface area contributed by atoms with Gasteiger partial charge in [0.05, 0.1) is 4.88 Å². The van der Waals surface area contributed by atoms with Gasteiger partial charge in [-0.1, -0.05) is 38.7 Å². The molecule has 2 bridgehead atoms. The second kappa shape index (κ2) is 6.95. The molecule has 1 aromatic rings. The largest absolute Gasteiger partial charge is 0.415 e. The fraction of sp³-hybridized carbons (Fsp3) is 0.700. The lowest BCUT2D eigenvalue weighted by atomic mass is 9.76. The van der Waals surface area contributed by atoms with E-state index in [0.29, 0.717) is 17.0 Å². The molecule has 0 N–H and O–H groups in total. The molecule has 0 radical (unpaired) electrons. The van der Waals surface area contributed by atoms with Gasteiger partial charge in [-0.05, 0) is 54.9 Å². The molecule has 3 aliphatic heterocycles. The van der Waals surface area contributed by atoms with Crippen molar-refractivity contribution in [3.05, 3.63) is 22.4 Å². The van der Waals surface area contributed by atoms with E-state index in [4.69, 9.17) is 4.43 Å². The molecular formula is C20H31NOSSi. The van der Waals surface area contributed by atoms with E-state index in [-0.39, 0.29) is 0 Å². The van der Waals surface area contributed by atoms with Crippen LogP contribution < -0.4 is 0 Å². The van der Waals surface area contributed by atoms with Crippen molar-refractivity contribution >= 4 is 19.7 Å². The van der Waals surface area contributed by atoms with Gasteiger partial charge in [-0.25, -0.2) is 0 Å². The first kappa shape index (κ1) is 18.2. The van der Waals surface area contributed by atoms with Crippen molar-refractivity contribution in [2.75, 3.05) is 19.7 Å². The van der Waals surface area contributed by atoms with Gasteiger partial charge in [-0.3, -0.25) is 4.90 Å². The van der Waals surface area contributed by atoms with Gasteiger partial charge >= 0.3 is 0 Å². The fourth-order valence-corrected chi connectivity index (χ4v) is 5.13. The average molecular weight is 362 g/mol. The summed E-state index contributed by atoms with van der Waals surface area (Å²) in [6.45, 7) is 15.0. The second-order valence-electron chi connectivity index (χ2n) is 8.86. The summed E-state index contributed by atoms with van der Waals surface area (Å²) in [7, 11) is -1.64. The first-order chi connectivity index (χ1) is 11.3. The van der Waals surface area contributed by atoms with E-state index in [1.165, 1.54) is 24.3 Å². The van der Waals surface area contributed by atoms with Gasteiger partial charge in [-0.15, -0.1) is 11.3 Å². The lowest BCUT2D eigenvalue weighted by Crippen LogP contribution is -2.56. The Morgan fingerprint density at radius 3 is 2.75 bits per heavy atom. The minimum atomic E-state index is -1.64. The quantitative estimate of drug-likeness (QED) is 0.565. The normalized spacial score (nSPS) is 30.0. The van der Waals surface area contributed by atoms with E-state index in [0.717, 1.165) is 19.1 Å². The monoisotopic (exact) mass is 361 g/mol. The summed E-state index contributed by atoms with van der Waals surface area (Å²) < 4.78 is 6.50. The van der Waals surface area contributed by atoms with Crippen molar-refractivity contribution in [2.45, 2.75) is 57.8 Å². The predicted molar refractivity (Wildman–Crippen MR) is 106 cm³/mol. The number of piperidine rings is 3. The van der Waals surface area contributed by atoms with Crippen molar-refractivity contribution in [3.63, 3.8) is 0 Å². The van der Waals surface area contributed by atoms with Crippen LogP contribution in [0.2, 0.25) is 18.1 Å². The summed E-state index contributed by atoms with van der Waals surface area (Å²) in [4.78, 5) is 3.84. The summed E-state index contributed by atoms with van der Waals surface area (Å²) >= 11 is 1.74. The van der Waals surface area contributed by atoms with Gasteiger partial charge in [0.15, 0.2) is 8.32 Å². The van der Waals surface area contributed by atoms with Crippen LogP contribution in [0.15, 0.2) is 17.5 Å². The molecule has 4 rings (SSSR count). The van der Waals surface area contributed by atoms with Crippen LogP contribution in [0.1, 0.15) is 38.5 Å². The minimum absolute atomic E-state index is 0.296. The average Bonchev–Trinajstić information content (AvgIpc) is 3.04. The Morgan fingerprint density at radius 1 is 1.38 bits per heavy atom. The highest BCUT2D eigenvalue weighted by Crippen LogP contribution is 2.39. The third-order valence-corrected chi connectivity index (χ3v) is 11.5. The van der Waals surface area contributed by atoms with Crippen LogP contribution in [0.3, 0.4) is 0 Å². The number of thiophene rings is 1. The van der Waals surface area contributed by atoms with Crippen LogP contribution in [0.25, 0.3) is 0 Å². The molecule has 3 aliphatic rings. The SMILES string of the molecule is CC(C)(C)[Si](C)(C)OC[C@H]1C[C@@H]2CCN1C[C@@H]2C#Cc1cccs1. The third kappa shape index (κ3) is 3.96. The van der Waals surface area contributed by atoms with E-state index < -0.39 is 8.32 Å². The Balaban J connectivity index is 1.58. The number of hydrogen-bond acceptors (Lipinski definition) is 3.